The van der Waals surface area contributed by atoms with Crippen LogP contribution >= 0.6 is 0 Å². The van der Waals surface area contributed by atoms with Gasteiger partial charge in [0.05, 0.1) is 10.8 Å². The highest BCUT2D eigenvalue weighted by atomic mass is 16.4. The number of hydrogen-bond donors (Lipinski definition) is 2. The van der Waals surface area contributed by atoms with Crippen LogP contribution in [0.25, 0.3) is 0 Å². The topological polar surface area (TPSA) is 74.6 Å². The van der Waals surface area contributed by atoms with Gasteiger partial charge in [-0.2, -0.15) is 0 Å². The monoisotopic (exact) mass is 416 g/mol. The molecule has 2 rings (SSSR count). The van der Waals surface area contributed by atoms with Gasteiger partial charge in [-0.25, -0.2) is 0 Å². The Hall–Kier alpha value is -1.84. The van der Waals surface area contributed by atoms with Crippen molar-refractivity contribution in [3.05, 3.63) is 34.9 Å². The molecule has 4 nitrogen and oxygen atoms in total. The Kier molecular flexibility index (Phi) is 8.93. The lowest BCUT2D eigenvalue weighted by atomic mass is 9.87. The van der Waals surface area contributed by atoms with Gasteiger partial charge in [-0.1, -0.05) is 50.3 Å². The molecular weight excluding hydrogens is 376 g/mol. The number of benzene rings is 1. The van der Waals surface area contributed by atoms with Crippen molar-refractivity contribution in [1.29, 1.82) is 0 Å². The fourth-order valence-corrected chi connectivity index (χ4v) is 4.36. The standard InChI is InChI=1S/C26H40O4/c1-20-12-11-14-21(13-7-6-10-17-26(18-19-26)24(29)30)22(20)15-8-4-5-9-16-25(2,3)23(27)28/h11-12,14H,4-10,13,15-19H2,1-3H3,(H,27,28)(H,29,30). The summed E-state index contributed by atoms with van der Waals surface area (Å²) in [7, 11) is 0. The van der Waals surface area contributed by atoms with Gasteiger partial charge in [-0.15, -0.1) is 0 Å². The molecule has 0 bridgehead atoms. The first-order chi connectivity index (χ1) is 14.2. The Balaban J connectivity index is 1.70. The number of aliphatic carboxylic acids is 2. The van der Waals surface area contributed by atoms with Crippen LogP contribution in [0.1, 0.15) is 101 Å². The van der Waals surface area contributed by atoms with E-state index in [9.17, 15) is 19.8 Å². The first kappa shape index (κ1) is 24.4. The lowest BCUT2D eigenvalue weighted by Gasteiger charge is -2.18. The quantitative estimate of drug-likeness (QED) is 0.317. The van der Waals surface area contributed by atoms with Gasteiger partial charge in [0, 0.05) is 0 Å². The number of carbonyl (C=O) groups is 2. The Morgan fingerprint density at radius 2 is 1.57 bits per heavy atom. The fourth-order valence-electron chi connectivity index (χ4n) is 4.36. The minimum Gasteiger partial charge on any atom is -0.481 e. The summed E-state index contributed by atoms with van der Waals surface area (Å²) in [5, 5.41) is 18.5. The molecule has 1 aromatic rings. The normalized spacial score (nSPS) is 15.2. The highest BCUT2D eigenvalue weighted by Gasteiger charge is 2.49. The molecule has 1 aromatic carbocycles. The van der Waals surface area contributed by atoms with E-state index in [4.69, 9.17) is 0 Å². The van der Waals surface area contributed by atoms with Crippen molar-refractivity contribution in [3.63, 3.8) is 0 Å². The number of aryl methyl sites for hydroxylation is 2. The van der Waals surface area contributed by atoms with Crippen LogP contribution in [-0.2, 0) is 22.4 Å². The van der Waals surface area contributed by atoms with Gasteiger partial charge in [0.15, 0.2) is 0 Å². The maximum absolute atomic E-state index is 11.3. The van der Waals surface area contributed by atoms with E-state index in [1.807, 2.05) is 0 Å². The molecule has 0 heterocycles. The number of carboxylic acid groups (broad SMARTS) is 2. The van der Waals surface area contributed by atoms with E-state index in [0.29, 0.717) is 0 Å². The molecule has 168 valence electrons. The summed E-state index contributed by atoms with van der Waals surface area (Å²) in [6.07, 6.45) is 13.0. The van der Waals surface area contributed by atoms with Crippen LogP contribution in [0.5, 0.6) is 0 Å². The molecule has 1 aliphatic rings. The predicted molar refractivity (Wildman–Crippen MR) is 121 cm³/mol. The molecule has 0 radical (unpaired) electrons. The van der Waals surface area contributed by atoms with E-state index in [2.05, 4.69) is 25.1 Å². The summed E-state index contributed by atoms with van der Waals surface area (Å²) < 4.78 is 0. The molecule has 1 saturated carbocycles. The molecule has 0 amide bonds. The number of unbranched alkanes of at least 4 members (excludes halogenated alkanes) is 5. The molecule has 4 heteroatoms. The molecule has 1 fully saturated rings. The van der Waals surface area contributed by atoms with Gasteiger partial charge in [-0.05, 0) is 88.8 Å². The summed E-state index contributed by atoms with van der Waals surface area (Å²) in [5.41, 5.74) is 3.29. The zero-order valence-electron chi connectivity index (χ0n) is 19.1. The molecule has 0 aromatic heterocycles. The summed E-state index contributed by atoms with van der Waals surface area (Å²) in [4.78, 5) is 22.5. The maximum atomic E-state index is 11.3. The summed E-state index contributed by atoms with van der Waals surface area (Å²) in [5.74, 6) is -1.31. The van der Waals surface area contributed by atoms with E-state index < -0.39 is 17.4 Å². The number of rotatable bonds is 15. The van der Waals surface area contributed by atoms with Gasteiger partial charge in [0.25, 0.3) is 0 Å². The summed E-state index contributed by atoms with van der Waals surface area (Å²) in [6.45, 7) is 5.81. The Morgan fingerprint density at radius 1 is 0.933 bits per heavy atom. The zero-order chi connectivity index (χ0) is 22.2. The first-order valence-electron chi connectivity index (χ1n) is 11.7. The minimum absolute atomic E-state index is 0.381. The smallest absolute Gasteiger partial charge is 0.309 e. The van der Waals surface area contributed by atoms with E-state index in [-0.39, 0.29) is 5.41 Å². The van der Waals surface area contributed by atoms with Crippen LogP contribution in [0, 0.1) is 17.8 Å². The predicted octanol–water partition coefficient (Wildman–Crippen LogP) is 6.57. The largest absolute Gasteiger partial charge is 0.481 e. The Morgan fingerprint density at radius 3 is 2.20 bits per heavy atom. The summed E-state index contributed by atoms with van der Waals surface area (Å²) >= 11 is 0. The SMILES string of the molecule is Cc1cccc(CCCCCC2(C(=O)O)CC2)c1CCCCCCC(C)(C)C(=O)O. The highest BCUT2D eigenvalue weighted by Crippen LogP contribution is 2.50. The summed E-state index contributed by atoms with van der Waals surface area (Å²) in [6, 6.07) is 6.58. The molecule has 0 unspecified atom stereocenters. The van der Waals surface area contributed by atoms with Crippen LogP contribution in [0.4, 0.5) is 0 Å². The Labute approximate surface area is 182 Å². The second-order valence-corrected chi connectivity index (χ2v) is 9.96. The van der Waals surface area contributed by atoms with Crippen LogP contribution < -0.4 is 0 Å². The van der Waals surface area contributed by atoms with Crippen LogP contribution in [0.2, 0.25) is 0 Å². The van der Waals surface area contributed by atoms with Crippen molar-refractivity contribution in [2.24, 2.45) is 10.8 Å². The first-order valence-corrected chi connectivity index (χ1v) is 11.7. The van der Waals surface area contributed by atoms with Crippen molar-refractivity contribution >= 4 is 11.9 Å². The second-order valence-electron chi connectivity index (χ2n) is 9.96. The van der Waals surface area contributed by atoms with E-state index in [0.717, 1.165) is 83.5 Å². The highest BCUT2D eigenvalue weighted by molar-refractivity contribution is 5.77. The molecule has 2 N–H and O–H groups in total. The zero-order valence-corrected chi connectivity index (χ0v) is 19.1. The molecule has 30 heavy (non-hydrogen) atoms. The third-order valence-electron chi connectivity index (χ3n) is 6.97. The van der Waals surface area contributed by atoms with Crippen LogP contribution in [0.15, 0.2) is 18.2 Å². The van der Waals surface area contributed by atoms with Gasteiger partial charge >= 0.3 is 11.9 Å². The van der Waals surface area contributed by atoms with Gasteiger partial charge in [-0.3, -0.25) is 9.59 Å². The van der Waals surface area contributed by atoms with Crippen LogP contribution in [-0.4, -0.2) is 22.2 Å². The van der Waals surface area contributed by atoms with E-state index in [1.54, 1.807) is 13.8 Å². The van der Waals surface area contributed by atoms with Crippen molar-refractivity contribution in [2.45, 2.75) is 104 Å². The van der Waals surface area contributed by atoms with Crippen LogP contribution in [0.3, 0.4) is 0 Å². The van der Waals surface area contributed by atoms with Gasteiger partial charge in [0.2, 0.25) is 0 Å². The average Bonchev–Trinajstić information content (AvgIpc) is 3.47. The Bertz CT molecular complexity index is 716. The maximum Gasteiger partial charge on any atom is 0.309 e. The molecule has 0 saturated heterocycles. The second kappa shape index (κ2) is 11.0. The number of hydrogen-bond acceptors (Lipinski definition) is 2. The van der Waals surface area contributed by atoms with Gasteiger partial charge < -0.3 is 10.2 Å². The van der Waals surface area contributed by atoms with Crippen molar-refractivity contribution in [3.8, 4) is 0 Å². The third kappa shape index (κ3) is 7.14. The van der Waals surface area contributed by atoms with Crippen molar-refractivity contribution < 1.29 is 19.8 Å². The molecular formula is C26H40O4. The third-order valence-corrected chi connectivity index (χ3v) is 6.97. The average molecular weight is 417 g/mol. The molecule has 1 aliphatic carbocycles. The molecule has 0 aliphatic heterocycles. The van der Waals surface area contributed by atoms with Crippen molar-refractivity contribution in [2.75, 3.05) is 0 Å². The van der Waals surface area contributed by atoms with Gasteiger partial charge in [0.1, 0.15) is 0 Å². The van der Waals surface area contributed by atoms with Crippen molar-refractivity contribution in [1.82, 2.24) is 0 Å². The fraction of sp³-hybridized carbons (Fsp3) is 0.692. The van der Waals surface area contributed by atoms with E-state index in [1.165, 1.54) is 16.7 Å². The lowest BCUT2D eigenvalue weighted by molar-refractivity contribution is -0.147. The minimum atomic E-state index is -0.706. The molecule has 0 atom stereocenters. The molecule has 0 spiro atoms. The lowest BCUT2D eigenvalue weighted by Crippen LogP contribution is -2.23. The number of carboxylic acids is 2. The van der Waals surface area contributed by atoms with E-state index >= 15 is 0 Å².